The number of carboxylic acid groups (broad SMARTS) is 1. The van der Waals surface area contributed by atoms with E-state index in [0.717, 1.165) is 37.6 Å². The standard InChI is InChI=1S/C17H22N4O2/c1-12(2)21-10-8-18-16(21)13-5-4-9-20(11-13)15-7-3-6-14(19-15)17(22)23/h3,6-8,10,12-13H,4-5,9,11H2,1-2H3,(H,22,23). The molecule has 122 valence electrons. The number of anilines is 1. The summed E-state index contributed by atoms with van der Waals surface area (Å²) in [6, 6.07) is 5.55. The predicted octanol–water partition coefficient (Wildman–Crippen LogP) is 2.94. The van der Waals surface area contributed by atoms with Crippen molar-refractivity contribution >= 4 is 11.8 Å². The van der Waals surface area contributed by atoms with E-state index in [9.17, 15) is 4.79 Å². The van der Waals surface area contributed by atoms with Gasteiger partial charge >= 0.3 is 5.97 Å². The van der Waals surface area contributed by atoms with Gasteiger partial charge in [0.05, 0.1) is 0 Å². The molecule has 6 heteroatoms. The second-order valence-electron chi connectivity index (χ2n) is 6.26. The van der Waals surface area contributed by atoms with Crippen molar-refractivity contribution in [2.45, 2.75) is 38.6 Å². The second kappa shape index (κ2) is 6.40. The minimum absolute atomic E-state index is 0.0910. The Balaban J connectivity index is 1.82. The number of imidazole rings is 1. The lowest BCUT2D eigenvalue weighted by Crippen LogP contribution is -2.36. The van der Waals surface area contributed by atoms with E-state index in [1.165, 1.54) is 6.07 Å². The number of hydrogen-bond donors (Lipinski definition) is 1. The quantitative estimate of drug-likeness (QED) is 0.939. The maximum Gasteiger partial charge on any atom is 0.354 e. The summed E-state index contributed by atoms with van der Waals surface area (Å²) in [4.78, 5) is 22.1. The third-order valence-corrected chi connectivity index (χ3v) is 4.32. The number of pyridine rings is 1. The lowest BCUT2D eigenvalue weighted by molar-refractivity contribution is 0.0690. The topological polar surface area (TPSA) is 71.2 Å². The summed E-state index contributed by atoms with van der Waals surface area (Å²) in [6.45, 7) is 6.03. The van der Waals surface area contributed by atoms with Crippen molar-refractivity contribution in [1.82, 2.24) is 14.5 Å². The van der Waals surface area contributed by atoms with Crippen LogP contribution < -0.4 is 4.90 Å². The van der Waals surface area contributed by atoms with Crippen LogP contribution in [0, 0.1) is 0 Å². The fourth-order valence-electron chi connectivity index (χ4n) is 3.19. The van der Waals surface area contributed by atoms with Gasteiger partial charge in [-0.05, 0) is 38.8 Å². The van der Waals surface area contributed by atoms with Gasteiger partial charge in [0.2, 0.25) is 0 Å². The van der Waals surface area contributed by atoms with E-state index in [1.54, 1.807) is 6.07 Å². The van der Waals surface area contributed by atoms with Crippen LogP contribution in [0.15, 0.2) is 30.6 Å². The Morgan fingerprint density at radius 1 is 1.39 bits per heavy atom. The molecule has 0 radical (unpaired) electrons. The molecule has 0 amide bonds. The number of piperidine rings is 1. The van der Waals surface area contributed by atoms with Gasteiger partial charge in [-0.3, -0.25) is 0 Å². The number of hydrogen-bond acceptors (Lipinski definition) is 4. The van der Waals surface area contributed by atoms with Gasteiger partial charge in [0.1, 0.15) is 11.6 Å². The van der Waals surface area contributed by atoms with E-state index < -0.39 is 5.97 Å². The number of nitrogens with zero attached hydrogens (tertiary/aromatic N) is 4. The van der Waals surface area contributed by atoms with Crippen molar-refractivity contribution < 1.29 is 9.90 Å². The Kier molecular flexibility index (Phi) is 4.32. The van der Waals surface area contributed by atoms with Crippen LogP contribution >= 0.6 is 0 Å². The highest BCUT2D eigenvalue weighted by atomic mass is 16.4. The molecule has 1 fully saturated rings. The molecular formula is C17H22N4O2. The summed E-state index contributed by atoms with van der Waals surface area (Å²) in [5, 5.41) is 9.11. The van der Waals surface area contributed by atoms with Gasteiger partial charge in [-0.15, -0.1) is 0 Å². The Hall–Kier alpha value is -2.37. The fourth-order valence-corrected chi connectivity index (χ4v) is 3.19. The van der Waals surface area contributed by atoms with Crippen LogP contribution in [0.2, 0.25) is 0 Å². The maximum atomic E-state index is 11.1. The zero-order valence-electron chi connectivity index (χ0n) is 13.5. The van der Waals surface area contributed by atoms with Gasteiger partial charge in [0, 0.05) is 37.4 Å². The molecule has 1 saturated heterocycles. The number of rotatable bonds is 4. The normalized spacial score (nSPS) is 18.4. The number of aromatic nitrogens is 3. The van der Waals surface area contributed by atoms with Crippen LogP contribution in [0.3, 0.4) is 0 Å². The lowest BCUT2D eigenvalue weighted by Gasteiger charge is -2.34. The molecule has 0 bridgehead atoms. The molecule has 1 aliphatic heterocycles. The van der Waals surface area contributed by atoms with Crippen LogP contribution in [0.1, 0.15) is 55.0 Å². The van der Waals surface area contributed by atoms with Crippen LogP contribution in [-0.2, 0) is 0 Å². The Labute approximate surface area is 135 Å². The highest BCUT2D eigenvalue weighted by Crippen LogP contribution is 2.29. The zero-order valence-corrected chi connectivity index (χ0v) is 13.5. The van der Waals surface area contributed by atoms with Crippen molar-refractivity contribution in [1.29, 1.82) is 0 Å². The van der Waals surface area contributed by atoms with Crippen LogP contribution in [-0.4, -0.2) is 38.7 Å². The molecule has 3 rings (SSSR count). The summed E-state index contributed by atoms with van der Waals surface area (Å²) in [6.07, 6.45) is 6.04. The van der Waals surface area contributed by atoms with Crippen molar-refractivity contribution in [2.75, 3.05) is 18.0 Å². The average Bonchev–Trinajstić information content (AvgIpc) is 3.05. The molecule has 1 N–H and O–H groups in total. The minimum Gasteiger partial charge on any atom is -0.477 e. The molecule has 2 aromatic rings. The number of aromatic carboxylic acids is 1. The van der Waals surface area contributed by atoms with Crippen LogP contribution in [0.4, 0.5) is 5.82 Å². The molecular weight excluding hydrogens is 292 g/mol. The molecule has 3 heterocycles. The molecule has 2 aromatic heterocycles. The summed E-state index contributed by atoms with van der Waals surface area (Å²) < 4.78 is 2.22. The third-order valence-electron chi connectivity index (χ3n) is 4.32. The predicted molar refractivity (Wildman–Crippen MR) is 88.0 cm³/mol. The van der Waals surface area contributed by atoms with Crippen molar-refractivity contribution in [3.8, 4) is 0 Å². The van der Waals surface area contributed by atoms with E-state index in [1.807, 2.05) is 18.5 Å². The molecule has 1 unspecified atom stereocenters. The van der Waals surface area contributed by atoms with Gasteiger partial charge in [0.15, 0.2) is 5.69 Å². The van der Waals surface area contributed by atoms with Crippen molar-refractivity contribution in [2.24, 2.45) is 0 Å². The monoisotopic (exact) mass is 314 g/mol. The molecule has 23 heavy (non-hydrogen) atoms. The first-order valence-corrected chi connectivity index (χ1v) is 8.04. The van der Waals surface area contributed by atoms with Crippen molar-refractivity contribution in [3.63, 3.8) is 0 Å². The van der Waals surface area contributed by atoms with E-state index in [4.69, 9.17) is 5.11 Å². The van der Waals surface area contributed by atoms with E-state index in [2.05, 4.69) is 33.3 Å². The Morgan fingerprint density at radius 2 is 2.22 bits per heavy atom. The summed E-state index contributed by atoms with van der Waals surface area (Å²) in [5.41, 5.74) is 0.0910. The highest BCUT2D eigenvalue weighted by Gasteiger charge is 2.26. The summed E-state index contributed by atoms with van der Waals surface area (Å²) >= 11 is 0. The van der Waals surface area contributed by atoms with Gasteiger partial charge in [-0.1, -0.05) is 6.07 Å². The first kappa shape index (κ1) is 15.5. The lowest BCUT2D eigenvalue weighted by atomic mass is 9.97. The Morgan fingerprint density at radius 3 is 2.96 bits per heavy atom. The molecule has 0 saturated carbocycles. The highest BCUT2D eigenvalue weighted by molar-refractivity contribution is 5.85. The fraction of sp³-hybridized carbons (Fsp3) is 0.471. The SMILES string of the molecule is CC(C)n1ccnc1C1CCCN(c2cccc(C(=O)O)n2)C1. The van der Waals surface area contributed by atoms with Gasteiger partial charge in [0.25, 0.3) is 0 Å². The smallest absolute Gasteiger partial charge is 0.354 e. The second-order valence-corrected chi connectivity index (χ2v) is 6.26. The van der Waals surface area contributed by atoms with E-state index in [0.29, 0.717) is 12.0 Å². The molecule has 0 aromatic carbocycles. The Bertz CT molecular complexity index is 695. The molecule has 0 spiro atoms. The van der Waals surface area contributed by atoms with Gasteiger partial charge in [-0.25, -0.2) is 14.8 Å². The molecule has 6 nitrogen and oxygen atoms in total. The minimum atomic E-state index is -0.990. The van der Waals surface area contributed by atoms with Crippen molar-refractivity contribution in [3.05, 3.63) is 42.1 Å². The number of carboxylic acids is 1. The molecule has 0 aliphatic carbocycles. The zero-order chi connectivity index (χ0) is 16.4. The van der Waals surface area contributed by atoms with Gasteiger partial charge in [-0.2, -0.15) is 0 Å². The number of carbonyl (C=O) groups is 1. The largest absolute Gasteiger partial charge is 0.477 e. The summed E-state index contributed by atoms with van der Waals surface area (Å²) in [7, 11) is 0. The molecule has 1 aliphatic rings. The van der Waals surface area contributed by atoms with E-state index in [-0.39, 0.29) is 5.69 Å². The van der Waals surface area contributed by atoms with Gasteiger partial charge < -0.3 is 14.6 Å². The summed E-state index contributed by atoms with van der Waals surface area (Å²) in [5.74, 6) is 1.20. The third kappa shape index (κ3) is 3.21. The molecule has 1 atom stereocenters. The van der Waals surface area contributed by atoms with Crippen LogP contribution in [0.5, 0.6) is 0 Å². The maximum absolute atomic E-state index is 11.1. The first-order valence-electron chi connectivity index (χ1n) is 8.04. The van der Waals surface area contributed by atoms with E-state index >= 15 is 0 Å². The first-order chi connectivity index (χ1) is 11.1. The van der Waals surface area contributed by atoms with Crippen LogP contribution in [0.25, 0.3) is 0 Å². The average molecular weight is 314 g/mol.